The fraction of sp³-hybridized carbons (Fsp3) is 0.526. The smallest absolute Gasteiger partial charge is 0.150 e. The molecule has 3 aromatic rings. The van der Waals surface area contributed by atoms with Gasteiger partial charge in [-0.15, -0.1) is 11.3 Å². The lowest BCUT2D eigenvalue weighted by Crippen LogP contribution is -2.32. The number of rotatable bonds is 1. The topological polar surface area (TPSA) is 51.1 Å². The molecule has 0 N–H and O–H groups in total. The van der Waals surface area contributed by atoms with Crippen molar-refractivity contribution in [1.29, 1.82) is 0 Å². The number of hydrogen-bond donors (Lipinski definition) is 0. The molecule has 0 radical (unpaired) electrons. The number of aryl methyl sites for hydroxylation is 1. The quantitative estimate of drug-likeness (QED) is 0.661. The fourth-order valence-electron chi connectivity index (χ4n) is 4.11. The predicted octanol–water partition coefficient (Wildman–Crippen LogP) is 4.00. The van der Waals surface area contributed by atoms with Crippen molar-refractivity contribution in [2.24, 2.45) is 0 Å². The summed E-state index contributed by atoms with van der Waals surface area (Å²) in [5.41, 5.74) is 4.62. The highest BCUT2D eigenvalue weighted by Crippen LogP contribution is 2.42. The first-order chi connectivity index (χ1) is 12.0. The second-order valence-corrected chi connectivity index (χ2v) is 8.73. The first kappa shape index (κ1) is 15.5. The van der Waals surface area contributed by atoms with Gasteiger partial charge in [0.2, 0.25) is 0 Å². The Hall–Kier alpha value is -1.79. The zero-order valence-corrected chi connectivity index (χ0v) is 15.7. The minimum atomic E-state index is -0.146. The first-order valence-corrected chi connectivity index (χ1v) is 9.80. The largest absolute Gasteiger partial charge is 0.370 e. The SMILES string of the molecule is Cc1nc2sc3c(N4CCCC4)ncnc3c2c2c1COC(C)(C)C2. The molecule has 0 aliphatic carbocycles. The Labute approximate surface area is 151 Å². The molecule has 0 spiro atoms. The monoisotopic (exact) mass is 354 g/mol. The van der Waals surface area contributed by atoms with Crippen LogP contribution in [0.2, 0.25) is 0 Å². The molecule has 0 unspecified atom stereocenters. The second-order valence-electron chi connectivity index (χ2n) is 7.73. The summed E-state index contributed by atoms with van der Waals surface area (Å²) < 4.78 is 7.22. The number of fused-ring (bicyclic) bond motifs is 5. The predicted molar refractivity (Wildman–Crippen MR) is 101 cm³/mol. The van der Waals surface area contributed by atoms with Crippen LogP contribution < -0.4 is 4.90 Å². The molecule has 5 rings (SSSR count). The van der Waals surface area contributed by atoms with Gasteiger partial charge in [0.05, 0.1) is 22.4 Å². The molecule has 0 atom stereocenters. The van der Waals surface area contributed by atoms with Crippen molar-refractivity contribution >= 4 is 37.6 Å². The number of nitrogens with zero attached hydrogens (tertiary/aromatic N) is 4. The lowest BCUT2D eigenvalue weighted by molar-refractivity contribution is -0.0400. The van der Waals surface area contributed by atoms with Crippen LogP contribution in [0.1, 0.15) is 43.5 Å². The van der Waals surface area contributed by atoms with Crippen LogP contribution in [0.15, 0.2) is 6.33 Å². The third-order valence-electron chi connectivity index (χ3n) is 5.42. The van der Waals surface area contributed by atoms with Crippen LogP contribution in [0, 0.1) is 6.92 Å². The third-order valence-corrected chi connectivity index (χ3v) is 6.49. The number of aromatic nitrogens is 3. The Kier molecular flexibility index (Phi) is 3.31. The van der Waals surface area contributed by atoms with E-state index in [1.807, 2.05) is 0 Å². The Bertz CT molecular complexity index is 988. The van der Waals surface area contributed by atoms with Gasteiger partial charge in [0, 0.05) is 36.2 Å². The molecular formula is C19H22N4OS. The molecule has 3 aromatic heterocycles. The van der Waals surface area contributed by atoms with Crippen molar-refractivity contribution in [2.75, 3.05) is 18.0 Å². The lowest BCUT2D eigenvalue weighted by atomic mass is 9.89. The van der Waals surface area contributed by atoms with Gasteiger partial charge >= 0.3 is 0 Å². The highest BCUT2D eigenvalue weighted by Gasteiger charge is 2.31. The van der Waals surface area contributed by atoms with Gasteiger partial charge in [-0.1, -0.05) is 0 Å². The van der Waals surface area contributed by atoms with Gasteiger partial charge in [-0.2, -0.15) is 0 Å². The van der Waals surface area contributed by atoms with Crippen LogP contribution >= 0.6 is 11.3 Å². The normalized spacial score (nSPS) is 19.7. The molecule has 25 heavy (non-hydrogen) atoms. The van der Waals surface area contributed by atoms with Crippen LogP contribution in [-0.2, 0) is 17.8 Å². The van der Waals surface area contributed by atoms with Gasteiger partial charge in [0.25, 0.3) is 0 Å². The average molecular weight is 354 g/mol. The highest BCUT2D eigenvalue weighted by atomic mass is 32.1. The molecule has 2 aliphatic heterocycles. The van der Waals surface area contributed by atoms with E-state index < -0.39 is 0 Å². The molecule has 5 heterocycles. The maximum absolute atomic E-state index is 6.04. The van der Waals surface area contributed by atoms with Crippen molar-refractivity contribution < 1.29 is 4.74 Å². The summed E-state index contributed by atoms with van der Waals surface area (Å²) >= 11 is 1.74. The molecule has 1 saturated heterocycles. The third kappa shape index (κ3) is 2.34. The second kappa shape index (κ2) is 5.35. The van der Waals surface area contributed by atoms with Gasteiger partial charge in [-0.05, 0) is 39.2 Å². The van der Waals surface area contributed by atoms with Crippen LogP contribution in [0.5, 0.6) is 0 Å². The molecule has 6 heteroatoms. The van der Waals surface area contributed by atoms with Gasteiger partial charge in [0.1, 0.15) is 17.0 Å². The first-order valence-electron chi connectivity index (χ1n) is 8.98. The van der Waals surface area contributed by atoms with E-state index >= 15 is 0 Å². The van der Waals surface area contributed by atoms with E-state index in [2.05, 4.69) is 35.6 Å². The van der Waals surface area contributed by atoms with Gasteiger partial charge < -0.3 is 9.64 Å². The van der Waals surface area contributed by atoms with Crippen LogP contribution in [-0.4, -0.2) is 33.6 Å². The number of anilines is 1. The Morgan fingerprint density at radius 1 is 1.16 bits per heavy atom. The summed E-state index contributed by atoms with van der Waals surface area (Å²) in [7, 11) is 0. The molecule has 0 saturated carbocycles. The van der Waals surface area contributed by atoms with Crippen molar-refractivity contribution in [3.05, 3.63) is 23.1 Å². The van der Waals surface area contributed by atoms with E-state index in [4.69, 9.17) is 9.72 Å². The summed E-state index contributed by atoms with van der Waals surface area (Å²) in [5, 5.41) is 1.22. The van der Waals surface area contributed by atoms with E-state index in [1.165, 1.54) is 34.1 Å². The van der Waals surface area contributed by atoms with E-state index in [-0.39, 0.29) is 5.60 Å². The van der Waals surface area contributed by atoms with Gasteiger partial charge in [-0.3, -0.25) is 0 Å². The minimum absolute atomic E-state index is 0.146. The number of ether oxygens (including phenoxy) is 1. The summed E-state index contributed by atoms with van der Waals surface area (Å²) in [4.78, 5) is 17.7. The molecule has 0 aromatic carbocycles. The standard InChI is InChI=1S/C19H22N4OS/c1-11-13-9-24-19(2,3)8-12(13)14-15-16(25-18(14)22-11)17(21-10-20-15)23-6-4-5-7-23/h10H,4-9H2,1-3H3. The van der Waals surface area contributed by atoms with Gasteiger partial charge in [0.15, 0.2) is 0 Å². The minimum Gasteiger partial charge on any atom is -0.370 e. The van der Waals surface area contributed by atoms with Crippen molar-refractivity contribution in [2.45, 2.75) is 52.2 Å². The molecule has 130 valence electrons. The number of pyridine rings is 1. The number of thiophene rings is 1. The maximum atomic E-state index is 6.04. The van der Waals surface area contributed by atoms with Crippen LogP contribution in [0.4, 0.5) is 5.82 Å². The summed E-state index contributed by atoms with van der Waals surface area (Å²) in [5.74, 6) is 1.09. The summed E-state index contributed by atoms with van der Waals surface area (Å²) in [6.45, 7) is 9.24. The Morgan fingerprint density at radius 2 is 1.96 bits per heavy atom. The highest BCUT2D eigenvalue weighted by molar-refractivity contribution is 7.26. The molecule has 5 nitrogen and oxygen atoms in total. The average Bonchev–Trinajstić information content (AvgIpc) is 3.20. The van der Waals surface area contributed by atoms with Crippen molar-refractivity contribution in [1.82, 2.24) is 15.0 Å². The zero-order valence-electron chi connectivity index (χ0n) is 14.9. The van der Waals surface area contributed by atoms with E-state index in [0.29, 0.717) is 6.61 Å². The van der Waals surface area contributed by atoms with Crippen LogP contribution in [0.3, 0.4) is 0 Å². The summed E-state index contributed by atoms with van der Waals surface area (Å²) in [6.07, 6.45) is 5.11. The molecule has 0 amide bonds. The van der Waals surface area contributed by atoms with Crippen LogP contribution in [0.25, 0.3) is 20.4 Å². The summed E-state index contributed by atoms with van der Waals surface area (Å²) in [6, 6.07) is 0. The van der Waals surface area contributed by atoms with E-state index in [0.717, 1.165) is 41.4 Å². The molecule has 1 fully saturated rings. The van der Waals surface area contributed by atoms with E-state index in [9.17, 15) is 0 Å². The van der Waals surface area contributed by atoms with Crippen molar-refractivity contribution in [3.8, 4) is 0 Å². The zero-order chi connectivity index (χ0) is 17.2. The fourth-order valence-corrected chi connectivity index (χ4v) is 5.33. The van der Waals surface area contributed by atoms with Gasteiger partial charge in [-0.25, -0.2) is 15.0 Å². The molecule has 0 bridgehead atoms. The molecular weight excluding hydrogens is 332 g/mol. The maximum Gasteiger partial charge on any atom is 0.150 e. The Balaban J connectivity index is 1.82. The van der Waals surface area contributed by atoms with E-state index in [1.54, 1.807) is 17.7 Å². The number of hydrogen-bond acceptors (Lipinski definition) is 6. The lowest BCUT2D eigenvalue weighted by Gasteiger charge is -2.32. The van der Waals surface area contributed by atoms with Crippen molar-refractivity contribution in [3.63, 3.8) is 0 Å². The Morgan fingerprint density at radius 3 is 2.76 bits per heavy atom. The molecule has 2 aliphatic rings.